The fraction of sp³-hybridized carbons (Fsp3) is 0.381. The Morgan fingerprint density at radius 3 is 2.17 bits per heavy atom. The number of thioether (sulfide) groups is 1. The number of nitrogens with zero attached hydrogens (tertiary/aromatic N) is 1. The molecule has 0 spiro atoms. The van der Waals surface area contributed by atoms with Gasteiger partial charge in [0.1, 0.15) is 11.1 Å². The number of ether oxygens (including phenoxy) is 5. The minimum Gasteiger partial charge on any atom is -0.496 e. The molecule has 2 aromatic rings. The van der Waals surface area contributed by atoms with Crippen LogP contribution in [-0.4, -0.2) is 58.7 Å². The molecule has 1 saturated heterocycles. The van der Waals surface area contributed by atoms with E-state index in [1.54, 1.807) is 64.5 Å². The molecule has 0 saturated carbocycles. The third kappa shape index (κ3) is 3.89. The predicted molar refractivity (Wildman–Crippen MR) is 112 cm³/mol. The summed E-state index contributed by atoms with van der Waals surface area (Å²) in [5, 5.41) is -0.229. The van der Waals surface area contributed by atoms with Gasteiger partial charge in [0, 0.05) is 23.9 Å². The largest absolute Gasteiger partial charge is 0.496 e. The van der Waals surface area contributed by atoms with Crippen molar-refractivity contribution in [1.82, 2.24) is 4.90 Å². The lowest BCUT2D eigenvalue weighted by Gasteiger charge is -2.27. The number of methoxy groups -OCH3 is 5. The maximum atomic E-state index is 13.4. The van der Waals surface area contributed by atoms with E-state index in [4.69, 9.17) is 23.7 Å². The second kappa shape index (κ2) is 9.17. The topological polar surface area (TPSA) is 66.5 Å². The van der Waals surface area contributed by atoms with E-state index in [1.165, 1.54) is 7.11 Å². The highest BCUT2D eigenvalue weighted by atomic mass is 32.2. The lowest BCUT2D eigenvalue weighted by molar-refractivity contribution is 0.0755. The summed E-state index contributed by atoms with van der Waals surface area (Å²) in [7, 11) is 7.84. The molecular formula is C21H25NO6S. The van der Waals surface area contributed by atoms with Crippen LogP contribution in [0.25, 0.3) is 0 Å². The van der Waals surface area contributed by atoms with Gasteiger partial charge in [-0.3, -0.25) is 4.79 Å². The molecule has 1 amide bonds. The Kier molecular flexibility index (Phi) is 6.64. The number of rotatable bonds is 7. The van der Waals surface area contributed by atoms with Crippen molar-refractivity contribution in [2.24, 2.45) is 0 Å². The summed E-state index contributed by atoms with van der Waals surface area (Å²) < 4.78 is 27.2. The van der Waals surface area contributed by atoms with Gasteiger partial charge in [0.25, 0.3) is 5.91 Å². The number of benzene rings is 2. The van der Waals surface area contributed by atoms with Crippen LogP contribution in [0.5, 0.6) is 28.7 Å². The number of hydrogen-bond donors (Lipinski definition) is 0. The summed E-state index contributed by atoms with van der Waals surface area (Å²) in [5.74, 6) is 3.41. The van der Waals surface area contributed by atoms with Crippen molar-refractivity contribution in [3.63, 3.8) is 0 Å². The third-order valence-corrected chi connectivity index (χ3v) is 6.03. The summed E-state index contributed by atoms with van der Waals surface area (Å²) in [6, 6.07) is 8.94. The smallest absolute Gasteiger partial charge is 0.258 e. The van der Waals surface area contributed by atoms with Crippen molar-refractivity contribution in [1.29, 1.82) is 0 Å². The van der Waals surface area contributed by atoms with Gasteiger partial charge in [-0.25, -0.2) is 0 Å². The molecule has 2 aromatic carbocycles. The zero-order chi connectivity index (χ0) is 21.0. The monoisotopic (exact) mass is 419 g/mol. The van der Waals surface area contributed by atoms with Crippen molar-refractivity contribution in [2.45, 2.75) is 5.37 Å². The molecular weight excluding hydrogens is 394 g/mol. The van der Waals surface area contributed by atoms with E-state index < -0.39 is 0 Å². The van der Waals surface area contributed by atoms with Crippen LogP contribution in [0.4, 0.5) is 0 Å². The first kappa shape index (κ1) is 21.0. The van der Waals surface area contributed by atoms with E-state index in [0.717, 1.165) is 11.3 Å². The summed E-state index contributed by atoms with van der Waals surface area (Å²) in [6.07, 6.45) is 0. The predicted octanol–water partition coefficient (Wildman–Crippen LogP) is 3.62. The van der Waals surface area contributed by atoms with Crippen LogP contribution in [0.3, 0.4) is 0 Å². The van der Waals surface area contributed by atoms with Gasteiger partial charge >= 0.3 is 0 Å². The highest BCUT2D eigenvalue weighted by Crippen LogP contribution is 2.47. The molecule has 1 aliphatic heterocycles. The summed E-state index contributed by atoms with van der Waals surface area (Å²) in [5.41, 5.74) is 1.31. The Bertz CT molecular complexity index is 888. The molecule has 1 atom stereocenters. The molecule has 0 radical (unpaired) electrons. The van der Waals surface area contributed by atoms with Crippen LogP contribution in [0.15, 0.2) is 30.3 Å². The van der Waals surface area contributed by atoms with Crippen LogP contribution < -0.4 is 23.7 Å². The van der Waals surface area contributed by atoms with E-state index in [-0.39, 0.29) is 11.3 Å². The zero-order valence-corrected chi connectivity index (χ0v) is 18.0. The third-order valence-electron chi connectivity index (χ3n) is 4.79. The van der Waals surface area contributed by atoms with E-state index in [1.807, 2.05) is 11.0 Å². The zero-order valence-electron chi connectivity index (χ0n) is 17.2. The molecule has 0 aromatic heterocycles. The Labute approximate surface area is 174 Å². The quantitative estimate of drug-likeness (QED) is 0.679. The highest BCUT2D eigenvalue weighted by molar-refractivity contribution is 7.99. The van der Waals surface area contributed by atoms with Crippen LogP contribution in [0, 0.1) is 0 Å². The van der Waals surface area contributed by atoms with Gasteiger partial charge in [-0.2, -0.15) is 0 Å². The number of amides is 1. The fourth-order valence-corrected chi connectivity index (χ4v) is 4.66. The Hall–Kier alpha value is -2.74. The van der Waals surface area contributed by atoms with E-state index in [9.17, 15) is 4.79 Å². The van der Waals surface area contributed by atoms with Gasteiger partial charge in [-0.1, -0.05) is 6.07 Å². The molecule has 1 unspecified atom stereocenters. The number of hydrogen-bond acceptors (Lipinski definition) is 7. The molecule has 0 N–H and O–H groups in total. The normalized spacial score (nSPS) is 15.8. The molecule has 0 aliphatic carbocycles. The maximum Gasteiger partial charge on any atom is 0.258 e. The summed E-state index contributed by atoms with van der Waals surface area (Å²) in [4.78, 5) is 15.2. The van der Waals surface area contributed by atoms with Gasteiger partial charge in [0.15, 0.2) is 23.0 Å². The van der Waals surface area contributed by atoms with Crippen molar-refractivity contribution >= 4 is 17.7 Å². The minimum absolute atomic E-state index is 0.132. The van der Waals surface area contributed by atoms with Gasteiger partial charge < -0.3 is 28.6 Å². The van der Waals surface area contributed by atoms with Gasteiger partial charge in [0.2, 0.25) is 0 Å². The molecule has 3 rings (SSSR count). The first-order valence-electron chi connectivity index (χ1n) is 9.03. The lowest BCUT2D eigenvalue weighted by Crippen LogP contribution is -2.31. The number of para-hydroxylation sites is 1. The fourth-order valence-electron chi connectivity index (χ4n) is 3.39. The van der Waals surface area contributed by atoms with Gasteiger partial charge in [-0.05, 0) is 18.2 Å². The van der Waals surface area contributed by atoms with E-state index in [0.29, 0.717) is 40.9 Å². The molecule has 1 fully saturated rings. The van der Waals surface area contributed by atoms with Crippen LogP contribution in [0.1, 0.15) is 21.3 Å². The Morgan fingerprint density at radius 2 is 1.55 bits per heavy atom. The molecule has 1 aliphatic rings. The van der Waals surface area contributed by atoms with Crippen LogP contribution in [0.2, 0.25) is 0 Å². The van der Waals surface area contributed by atoms with Crippen molar-refractivity contribution in [3.05, 3.63) is 41.5 Å². The van der Waals surface area contributed by atoms with E-state index in [2.05, 4.69) is 0 Å². The standard InChI is InChI=1S/C21H25NO6S/c1-24-15-8-6-7-13(19(15)28-5)20(23)22-9-10-29-21(22)14-11-17(26-3)18(27-4)12-16(14)25-2/h6-8,11-12,21H,9-10H2,1-5H3. The Balaban J connectivity index is 2.02. The molecule has 29 heavy (non-hydrogen) atoms. The average molecular weight is 419 g/mol. The summed E-state index contributed by atoms with van der Waals surface area (Å²) >= 11 is 1.67. The molecule has 156 valence electrons. The molecule has 7 nitrogen and oxygen atoms in total. The van der Waals surface area contributed by atoms with Crippen molar-refractivity contribution in [3.8, 4) is 28.7 Å². The lowest BCUT2D eigenvalue weighted by atomic mass is 10.1. The molecule has 1 heterocycles. The van der Waals surface area contributed by atoms with Crippen molar-refractivity contribution < 1.29 is 28.5 Å². The van der Waals surface area contributed by atoms with Crippen LogP contribution in [-0.2, 0) is 0 Å². The van der Waals surface area contributed by atoms with Gasteiger partial charge in [-0.15, -0.1) is 11.8 Å². The second-order valence-corrected chi connectivity index (χ2v) is 7.40. The Morgan fingerprint density at radius 1 is 0.897 bits per heavy atom. The minimum atomic E-state index is -0.229. The molecule has 0 bridgehead atoms. The first-order chi connectivity index (χ1) is 14.1. The summed E-state index contributed by atoms with van der Waals surface area (Å²) in [6.45, 7) is 0.603. The highest BCUT2D eigenvalue weighted by Gasteiger charge is 2.35. The second-order valence-electron chi connectivity index (χ2n) is 6.21. The van der Waals surface area contributed by atoms with Gasteiger partial charge in [0.05, 0.1) is 41.1 Å². The van der Waals surface area contributed by atoms with Crippen LogP contribution >= 0.6 is 11.8 Å². The number of carbonyl (C=O) groups excluding carboxylic acids is 1. The molecule has 8 heteroatoms. The average Bonchev–Trinajstić information content (AvgIpc) is 3.26. The van der Waals surface area contributed by atoms with E-state index >= 15 is 0 Å². The van der Waals surface area contributed by atoms with Crippen molar-refractivity contribution in [2.75, 3.05) is 47.8 Å². The number of carbonyl (C=O) groups is 1. The maximum absolute atomic E-state index is 13.4. The SMILES string of the molecule is COc1cc(OC)c(C2SCCN2C(=O)c2cccc(OC)c2OC)cc1OC. The first-order valence-corrected chi connectivity index (χ1v) is 10.1.